The molecule has 1 amide bonds. The second-order valence-electron chi connectivity index (χ2n) is 7.20. The lowest BCUT2D eigenvalue weighted by atomic mass is 10.0. The van der Waals surface area contributed by atoms with Gasteiger partial charge in [0.15, 0.2) is 5.82 Å². The maximum absolute atomic E-state index is 12.8. The monoisotopic (exact) mass is 484 g/mol. The summed E-state index contributed by atoms with van der Waals surface area (Å²) in [5.41, 5.74) is -1.31. The lowest BCUT2D eigenvalue weighted by molar-refractivity contribution is -0.0964. The van der Waals surface area contributed by atoms with Crippen LogP contribution < -0.4 is 15.4 Å². The molecule has 0 saturated heterocycles. The van der Waals surface area contributed by atoms with Crippen molar-refractivity contribution in [2.24, 2.45) is 0 Å². The first kappa shape index (κ1) is 23.3. The Morgan fingerprint density at radius 2 is 1.65 bits per heavy atom. The third kappa shape index (κ3) is 5.56. The molecule has 0 spiro atoms. The number of carbonyl (C=O) groups is 1. The Morgan fingerprint density at radius 1 is 0.971 bits per heavy atom. The van der Waals surface area contributed by atoms with Crippen molar-refractivity contribution in [1.29, 1.82) is 0 Å². The van der Waals surface area contributed by atoms with Crippen LogP contribution in [0.4, 0.5) is 20.3 Å². The molecule has 0 bridgehead atoms. The third-order valence-electron chi connectivity index (χ3n) is 4.86. The Hall–Kier alpha value is -3.82. The summed E-state index contributed by atoms with van der Waals surface area (Å²) in [5.74, 6) is 0.128. The molecule has 1 heterocycles. The van der Waals surface area contributed by atoms with E-state index in [9.17, 15) is 13.6 Å². The molecule has 0 fully saturated rings. The van der Waals surface area contributed by atoms with E-state index < -0.39 is 5.57 Å². The van der Waals surface area contributed by atoms with Gasteiger partial charge in [0.05, 0.1) is 6.61 Å². The van der Waals surface area contributed by atoms with Gasteiger partial charge in [-0.05, 0) is 36.4 Å². The topological polar surface area (TPSA) is 96.4 Å². The number of anilines is 2. The van der Waals surface area contributed by atoms with Gasteiger partial charge in [-0.1, -0.05) is 36.4 Å². The van der Waals surface area contributed by atoms with E-state index in [1.807, 2.05) is 24.3 Å². The molecule has 3 N–H and O–H groups in total. The van der Waals surface area contributed by atoms with E-state index >= 15 is 0 Å². The third-order valence-corrected chi connectivity index (χ3v) is 4.93. The molecule has 174 valence electrons. The lowest BCUT2D eigenvalue weighted by Crippen LogP contribution is -2.26. The van der Waals surface area contributed by atoms with E-state index in [-0.39, 0.29) is 24.8 Å². The minimum absolute atomic E-state index is 0.0784. The van der Waals surface area contributed by atoms with Crippen molar-refractivity contribution in [2.45, 2.75) is 5.57 Å². The fourth-order valence-corrected chi connectivity index (χ4v) is 3.43. The van der Waals surface area contributed by atoms with Crippen molar-refractivity contribution in [2.75, 3.05) is 18.5 Å². The van der Waals surface area contributed by atoms with Crippen molar-refractivity contribution in [3.05, 3.63) is 78.4 Å². The molecule has 4 rings (SSSR count). The molecule has 0 aliphatic carbocycles. The molecule has 34 heavy (non-hydrogen) atoms. The Balaban J connectivity index is 1.60. The number of halogens is 3. The number of nitrogens with one attached hydrogen (secondary N) is 2. The van der Waals surface area contributed by atoms with Crippen LogP contribution >= 0.6 is 11.6 Å². The first-order valence-electron chi connectivity index (χ1n) is 10.2. The van der Waals surface area contributed by atoms with Gasteiger partial charge < -0.3 is 20.5 Å². The Bertz CT molecular complexity index is 1300. The number of aliphatic hydroxyl groups is 1. The van der Waals surface area contributed by atoms with E-state index in [1.54, 1.807) is 36.4 Å². The van der Waals surface area contributed by atoms with Gasteiger partial charge in [-0.15, -0.1) is 19.0 Å². The number of alkyl halides is 3. The van der Waals surface area contributed by atoms with Gasteiger partial charge in [0.1, 0.15) is 11.4 Å². The fraction of sp³-hybridized carbons (Fsp3) is 0.125. The van der Waals surface area contributed by atoms with Gasteiger partial charge in [0.2, 0.25) is 0 Å². The number of hydrogen-bond donors (Lipinski definition) is 3. The summed E-state index contributed by atoms with van der Waals surface area (Å²) in [5, 5.41) is 24.9. The molecule has 7 nitrogen and oxygen atoms in total. The highest BCUT2D eigenvalue weighted by molar-refractivity contribution is 6.20. The number of carbonyl (C=O) groups excluding carboxylic acids is 1. The van der Waals surface area contributed by atoms with Crippen LogP contribution in [0.3, 0.4) is 0 Å². The summed E-state index contributed by atoms with van der Waals surface area (Å²) in [7, 11) is 0. The van der Waals surface area contributed by atoms with Gasteiger partial charge in [0.25, 0.3) is 5.91 Å². The van der Waals surface area contributed by atoms with Crippen molar-refractivity contribution in [3.63, 3.8) is 0 Å². The van der Waals surface area contributed by atoms with Crippen LogP contribution in [0.1, 0.15) is 10.4 Å². The largest absolute Gasteiger partial charge is 0.487 e. The molecule has 1 aromatic heterocycles. The number of benzene rings is 3. The first-order valence-corrected chi connectivity index (χ1v) is 10.6. The molecule has 0 atom stereocenters. The minimum Gasteiger partial charge on any atom is -0.420 e. The van der Waals surface area contributed by atoms with Crippen molar-refractivity contribution in [1.82, 2.24) is 15.5 Å². The van der Waals surface area contributed by atoms with Crippen molar-refractivity contribution < 1.29 is 23.4 Å². The zero-order valence-corrected chi connectivity index (χ0v) is 18.4. The van der Waals surface area contributed by atoms with Crippen LogP contribution in [0.25, 0.3) is 22.0 Å². The van der Waals surface area contributed by atoms with Crippen molar-refractivity contribution in [3.8, 4) is 17.0 Å². The predicted molar refractivity (Wildman–Crippen MR) is 126 cm³/mol. The van der Waals surface area contributed by atoms with Gasteiger partial charge in [-0.2, -0.15) is 0 Å². The molecule has 3 aromatic carbocycles. The molecule has 0 radical (unpaired) electrons. The van der Waals surface area contributed by atoms with Crippen LogP contribution in [-0.4, -0.2) is 39.9 Å². The Morgan fingerprint density at radius 3 is 2.29 bits per heavy atom. The van der Waals surface area contributed by atoms with Gasteiger partial charge in [0, 0.05) is 45.7 Å². The highest BCUT2D eigenvalue weighted by Gasteiger charge is 2.27. The van der Waals surface area contributed by atoms with Crippen LogP contribution in [-0.2, 0) is 0 Å². The zero-order chi connectivity index (χ0) is 24.1. The number of ether oxygens (including phenoxy) is 1. The highest BCUT2D eigenvalue weighted by atomic mass is 35.5. The lowest BCUT2D eigenvalue weighted by Gasteiger charge is -2.13. The molecule has 0 unspecified atom stereocenters. The van der Waals surface area contributed by atoms with Gasteiger partial charge >= 0.3 is 5.57 Å². The maximum atomic E-state index is 12.8. The number of aromatic nitrogens is 2. The summed E-state index contributed by atoms with van der Waals surface area (Å²) < 4.78 is 29.9. The second-order valence-corrected chi connectivity index (χ2v) is 7.64. The SMILES string of the molecule is O=C(NCCO)c1ccc(-c2nnc(Nc3ccc(OC(F)(F)Cl)cc3)c3ccccc23)cc1. The molecule has 0 aliphatic heterocycles. The average molecular weight is 485 g/mol. The second kappa shape index (κ2) is 9.98. The zero-order valence-electron chi connectivity index (χ0n) is 17.6. The van der Waals surface area contributed by atoms with Crippen LogP contribution in [0, 0.1) is 0 Å². The average Bonchev–Trinajstić information content (AvgIpc) is 2.83. The number of nitrogens with zero attached hydrogens (tertiary/aromatic N) is 2. The molecular weight excluding hydrogens is 466 g/mol. The maximum Gasteiger partial charge on any atom is 0.487 e. The van der Waals surface area contributed by atoms with E-state index in [1.165, 1.54) is 12.1 Å². The summed E-state index contributed by atoms with van der Waals surface area (Å²) >= 11 is 4.79. The summed E-state index contributed by atoms with van der Waals surface area (Å²) in [6.07, 6.45) is 0. The standard InChI is InChI=1S/C24H19ClF2N4O3/c25-24(26,27)34-18-11-9-17(10-12-18)29-22-20-4-2-1-3-19(20)21(30-31-22)15-5-7-16(8-6-15)23(33)28-13-14-32/h1-12,32H,13-14H2,(H,28,33)(H,29,31). The minimum atomic E-state index is -3.78. The number of amides is 1. The van der Waals surface area contributed by atoms with E-state index in [2.05, 4.69) is 25.6 Å². The molecule has 10 heteroatoms. The first-order chi connectivity index (χ1) is 16.3. The Kier molecular flexibility index (Phi) is 6.85. The van der Waals surface area contributed by atoms with Crippen molar-refractivity contribution >= 4 is 39.8 Å². The number of aliphatic hydroxyl groups excluding tert-OH is 1. The smallest absolute Gasteiger partial charge is 0.420 e. The van der Waals surface area contributed by atoms with Gasteiger partial charge in [-0.25, -0.2) is 0 Å². The molecular formula is C24H19ClF2N4O3. The van der Waals surface area contributed by atoms with Crippen LogP contribution in [0.15, 0.2) is 72.8 Å². The van der Waals surface area contributed by atoms with Crippen LogP contribution in [0.2, 0.25) is 0 Å². The Labute approximate surface area is 198 Å². The number of hydrogen-bond acceptors (Lipinski definition) is 6. The van der Waals surface area contributed by atoms with Gasteiger partial charge in [-0.3, -0.25) is 4.79 Å². The highest BCUT2D eigenvalue weighted by Crippen LogP contribution is 2.32. The molecule has 4 aromatic rings. The molecule has 0 aliphatic rings. The quantitative estimate of drug-likeness (QED) is 0.307. The van der Waals surface area contributed by atoms with Crippen LogP contribution in [0.5, 0.6) is 5.75 Å². The summed E-state index contributed by atoms with van der Waals surface area (Å²) in [6.45, 7) is 0.0488. The number of rotatable bonds is 8. The van der Waals surface area contributed by atoms with E-state index in [0.29, 0.717) is 22.8 Å². The summed E-state index contributed by atoms with van der Waals surface area (Å²) in [6, 6.07) is 20.3. The number of fused-ring (bicyclic) bond motifs is 1. The van der Waals surface area contributed by atoms with E-state index in [0.717, 1.165) is 16.3 Å². The predicted octanol–water partition coefficient (Wildman–Crippen LogP) is 4.93. The van der Waals surface area contributed by atoms with E-state index in [4.69, 9.17) is 16.7 Å². The fourth-order valence-electron chi connectivity index (χ4n) is 3.34. The molecule has 0 saturated carbocycles. The normalized spacial score (nSPS) is 11.3. The summed E-state index contributed by atoms with van der Waals surface area (Å²) in [4.78, 5) is 12.1.